The third kappa shape index (κ3) is 4.84. The molecule has 0 heterocycles. The number of rotatable bonds is 2. The molecule has 2 rings (SSSR count). The quantitative estimate of drug-likeness (QED) is 0.745. The zero-order valence-corrected chi connectivity index (χ0v) is 11.8. The SMILES string of the molecule is O=C(Nc1ccc(Cl)cc1)Nc1ccc(C#CCO)cc1. The molecule has 2 aromatic carbocycles. The van der Waals surface area contributed by atoms with Crippen molar-refractivity contribution in [3.63, 3.8) is 0 Å². The van der Waals surface area contributed by atoms with Crippen molar-refractivity contribution in [2.45, 2.75) is 0 Å². The first-order chi connectivity index (χ1) is 10.2. The Morgan fingerprint density at radius 2 is 1.52 bits per heavy atom. The van der Waals surface area contributed by atoms with Gasteiger partial charge in [-0.2, -0.15) is 0 Å². The molecule has 21 heavy (non-hydrogen) atoms. The van der Waals surface area contributed by atoms with Gasteiger partial charge in [-0.05, 0) is 48.5 Å². The van der Waals surface area contributed by atoms with Crippen LogP contribution in [-0.4, -0.2) is 17.7 Å². The molecule has 4 nitrogen and oxygen atoms in total. The summed E-state index contributed by atoms with van der Waals surface area (Å²) in [6.45, 7) is -0.177. The number of halogens is 1. The Kier molecular flexibility index (Phi) is 5.22. The third-order valence-corrected chi connectivity index (χ3v) is 2.81. The number of aliphatic hydroxyl groups excluding tert-OH is 1. The predicted molar refractivity (Wildman–Crippen MR) is 84.5 cm³/mol. The number of nitrogens with one attached hydrogen (secondary N) is 2. The molecule has 0 aromatic heterocycles. The second kappa shape index (κ2) is 7.34. The third-order valence-electron chi connectivity index (χ3n) is 2.56. The van der Waals surface area contributed by atoms with Crippen LogP contribution in [0.15, 0.2) is 48.5 Å². The van der Waals surface area contributed by atoms with Gasteiger partial charge in [0.25, 0.3) is 0 Å². The van der Waals surface area contributed by atoms with Crippen molar-refractivity contribution in [2.75, 3.05) is 17.2 Å². The fourth-order valence-corrected chi connectivity index (χ4v) is 1.73. The van der Waals surface area contributed by atoms with E-state index in [-0.39, 0.29) is 12.6 Å². The van der Waals surface area contributed by atoms with E-state index in [0.717, 1.165) is 5.56 Å². The second-order valence-corrected chi connectivity index (χ2v) is 4.56. The maximum atomic E-state index is 11.8. The van der Waals surface area contributed by atoms with Gasteiger partial charge in [0.2, 0.25) is 0 Å². The Balaban J connectivity index is 1.94. The topological polar surface area (TPSA) is 61.4 Å². The first kappa shape index (κ1) is 14.9. The monoisotopic (exact) mass is 300 g/mol. The van der Waals surface area contributed by atoms with Crippen LogP contribution in [0.1, 0.15) is 5.56 Å². The molecule has 0 aliphatic rings. The summed E-state index contributed by atoms with van der Waals surface area (Å²) >= 11 is 5.77. The number of carbonyl (C=O) groups excluding carboxylic acids is 1. The van der Waals surface area contributed by atoms with Gasteiger partial charge < -0.3 is 15.7 Å². The van der Waals surface area contributed by atoms with Crippen LogP contribution in [0, 0.1) is 11.8 Å². The van der Waals surface area contributed by atoms with Gasteiger partial charge in [-0.25, -0.2) is 4.79 Å². The number of benzene rings is 2. The van der Waals surface area contributed by atoms with Gasteiger partial charge in [0, 0.05) is 22.0 Å². The second-order valence-electron chi connectivity index (χ2n) is 4.12. The van der Waals surface area contributed by atoms with E-state index in [1.54, 1.807) is 48.5 Å². The Bertz CT molecular complexity index is 670. The molecule has 2 aromatic rings. The van der Waals surface area contributed by atoms with E-state index in [9.17, 15) is 4.79 Å². The number of amides is 2. The van der Waals surface area contributed by atoms with Gasteiger partial charge in [-0.1, -0.05) is 23.4 Å². The molecule has 0 aliphatic carbocycles. The highest BCUT2D eigenvalue weighted by atomic mass is 35.5. The number of carbonyl (C=O) groups is 1. The Labute approximate surface area is 127 Å². The van der Waals surface area contributed by atoms with Crippen molar-refractivity contribution in [2.24, 2.45) is 0 Å². The molecule has 2 amide bonds. The van der Waals surface area contributed by atoms with Gasteiger partial charge in [-0.15, -0.1) is 0 Å². The van der Waals surface area contributed by atoms with Gasteiger partial charge in [0.05, 0.1) is 0 Å². The first-order valence-corrected chi connectivity index (χ1v) is 6.58. The maximum Gasteiger partial charge on any atom is 0.323 e. The summed E-state index contributed by atoms with van der Waals surface area (Å²) in [4.78, 5) is 11.8. The van der Waals surface area contributed by atoms with Crippen LogP contribution >= 0.6 is 11.6 Å². The lowest BCUT2D eigenvalue weighted by Crippen LogP contribution is -2.19. The molecule has 0 saturated carbocycles. The molecule has 5 heteroatoms. The Morgan fingerprint density at radius 1 is 1.00 bits per heavy atom. The van der Waals surface area contributed by atoms with Crippen molar-refractivity contribution < 1.29 is 9.90 Å². The molecule has 106 valence electrons. The van der Waals surface area contributed by atoms with Crippen molar-refractivity contribution >= 4 is 29.0 Å². The largest absolute Gasteiger partial charge is 0.384 e. The first-order valence-electron chi connectivity index (χ1n) is 6.21. The van der Waals surface area contributed by atoms with Crippen molar-refractivity contribution in [1.29, 1.82) is 0 Å². The molecule has 0 fully saturated rings. The lowest BCUT2D eigenvalue weighted by atomic mass is 10.2. The molecule has 0 aliphatic heterocycles. The molecule has 0 radical (unpaired) electrons. The highest BCUT2D eigenvalue weighted by molar-refractivity contribution is 6.30. The smallest absolute Gasteiger partial charge is 0.323 e. The lowest BCUT2D eigenvalue weighted by molar-refractivity contribution is 0.262. The van der Waals surface area contributed by atoms with Crippen LogP contribution < -0.4 is 10.6 Å². The van der Waals surface area contributed by atoms with Gasteiger partial charge in [0.15, 0.2) is 0 Å². The zero-order chi connectivity index (χ0) is 15.1. The number of hydrogen-bond acceptors (Lipinski definition) is 2. The van der Waals surface area contributed by atoms with Crippen LogP contribution in [0.3, 0.4) is 0 Å². The zero-order valence-electron chi connectivity index (χ0n) is 11.1. The average Bonchev–Trinajstić information content (AvgIpc) is 2.49. The van der Waals surface area contributed by atoms with Crippen LogP contribution in [0.25, 0.3) is 0 Å². The van der Waals surface area contributed by atoms with Crippen LogP contribution in [0.5, 0.6) is 0 Å². The summed E-state index contributed by atoms with van der Waals surface area (Å²) in [6, 6.07) is 13.5. The summed E-state index contributed by atoms with van der Waals surface area (Å²) in [5.41, 5.74) is 2.08. The minimum Gasteiger partial charge on any atom is -0.384 e. The molecule has 0 atom stereocenters. The Hall–Kier alpha value is -2.48. The van der Waals surface area contributed by atoms with Crippen LogP contribution in [-0.2, 0) is 0 Å². The van der Waals surface area contributed by atoms with E-state index in [0.29, 0.717) is 16.4 Å². The molecule has 3 N–H and O–H groups in total. The van der Waals surface area contributed by atoms with E-state index >= 15 is 0 Å². The van der Waals surface area contributed by atoms with Crippen LogP contribution in [0.2, 0.25) is 5.02 Å². The van der Waals surface area contributed by atoms with Gasteiger partial charge >= 0.3 is 6.03 Å². The maximum absolute atomic E-state index is 11.8. The van der Waals surface area contributed by atoms with Crippen molar-refractivity contribution in [1.82, 2.24) is 0 Å². The van der Waals surface area contributed by atoms with E-state index in [4.69, 9.17) is 16.7 Å². The summed E-state index contributed by atoms with van der Waals surface area (Å²) in [6.07, 6.45) is 0. The predicted octanol–water partition coefficient (Wildman–Crippen LogP) is 3.33. The summed E-state index contributed by atoms with van der Waals surface area (Å²) in [5.74, 6) is 5.34. The minimum atomic E-state index is -0.341. The summed E-state index contributed by atoms with van der Waals surface area (Å²) in [5, 5.41) is 14.6. The van der Waals surface area contributed by atoms with E-state index < -0.39 is 0 Å². The number of hydrogen-bond donors (Lipinski definition) is 3. The van der Waals surface area contributed by atoms with E-state index in [2.05, 4.69) is 22.5 Å². The fourth-order valence-electron chi connectivity index (χ4n) is 1.61. The number of aliphatic hydroxyl groups is 1. The number of anilines is 2. The average molecular weight is 301 g/mol. The van der Waals surface area contributed by atoms with Gasteiger partial charge in [0.1, 0.15) is 6.61 Å². The molecular weight excluding hydrogens is 288 g/mol. The summed E-state index contributed by atoms with van der Waals surface area (Å²) in [7, 11) is 0. The molecule has 0 unspecified atom stereocenters. The number of urea groups is 1. The normalized spacial score (nSPS) is 9.43. The Morgan fingerprint density at radius 3 is 2.05 bits per heavy atom. The highest BCUT2D eigenvalue weighted by Crippen LogP contribution is 2.14. The fraction of sp³-hybridized carbons (Fsp3) is 0.0625. The lowest BCUT2D eigenvalue weighted by Gasteiger charge is -2.07. The van der Waals surface area contributed by atoms with Crippen molar-refractivity contribution in [3.05, 3.63) is 59.1 Å². The summed E-state index contributed by atoms with van der Waals surface area (Å²) < 4.78 is 0. The minimum absolute atomic E-state index is 0.177. The standard InChI is InChI=1S/C16H13ClN2O2/c17-13-5-9-15(10-6-13)19-16(21)18-14-7-3-12(4-8-14)2-1-11-20/h3-10,20H,11H2,(H2,18,19,21). The van der Waals surface area contributed by atoms with E-state index in [1.807, 2.05) is 0 Å². The highest BCUT2D eigenvalue weighted by Gasteiger charge is 2.02. The van der Waals surface area contributed by atoms with E-state index in [1.165, 1.54) is 0 Å². The van der Waals surface area contributed by atoms with Gasteiger partial charge in [-0.3, -0.25) is 0 Å². The molecule has 0 spiro atoms. The molecular formula is C16H13ClN2O2. The van der Waals surface area contributed by atoms with Crippen LogP contribution in [0.4, 0.5) is 16.2 Å². The molecule has 0 bridgehead atoms. The van der Waals surface area contributed by atoms with Crippen molar-refractivity contribution in [3.8, 4) is 11.8 Å². The molecule has 0 saturated heterocycles.